The van der Waals surface area contributed by atoms with Gasteiger partial charge in [-0.05, 0) is 29.9 Å². The van der Waals surface area contributed by atoms with E-state index in [9.17, 15) is 4.57 Å². The molecule has 0 saturated carbocycles. The van der Waals surface area contributed by atoms with Gasteiger partial charge in [-0.2, -0.15) is 0 Å². The standard InChI is InChI=1S/C12H24O2P/c1-4-7-10-12(9-6-3)15(13)14-11-8-5-2/h10H,4-9,11H2,1-3H3/q+1/b12-10+. The van der Waals surface area contributed by atoms with Gasteiger partial charge in [0.2, 0.25) is 0 Å². The van der Waals surface area contributed by atoms with Crippen LogP contribution in [-0.4, -0.2) is 6.61 Å². The monoisotopic (exact) mass is 231 g/mol. The molecule has 0 spiro atoms. The van der Waals surface area contributed by atoms with Crippen molar-refractivity contribution in [1.29, 1.82) is 0 Å². The molecular weight excluding hydrogens is 207 g/mol. The van der Waals surface area contributed by atoms with E-state index in [0.717, 1.165) is 43.8 Å². The molecule has 2 nitrogen and oxygen atoms in total. The lowest BCUT2D eigenvalue weighted by Crippen LogP contribution is -1.87. The highest BCUT2D eigenvalue weighted by Crippen LogP contribution is 2.37. The molecule has 0 fully saturated rings. The average Bonchev–Trinajstić information content (AvgIpc) is 2.24. The Balaban J connectivity index is 4.04. The molecule has 0 saturated heterocycles. The Morgan fingerprint density at radius 3 is 2.47 bits per heavy atom. The topological polar surface area (TPSA) is 26.3 Å². The van der Waals surface area contributed by atoms with Crippen molar-refractivity contribution in [3.63, 3.8) is 0 Å². The van der Waals surface area contributed by atoms with Gasteiger partial charge >= 0.3 is 8.03 Å². The molecule has 0 aromatic rings. The van der Waals surface area contributed by atoms with Crippen LogP contribution >= 0.6 is 8.03 Å². The summed E-state index contributed by atoms with van der Waals surface area (Å²) in [6, 6.07) is 0. The van der Waals surface area contributed by atoms with Crippen molar-refractivity contribution in [2.24, 2.45) is 0 Å². The summed E-state index contributed by atoms with van der Waals surface area (Å²) in [7, 11) is -1.56. The van der Waals surface area contributed by atoms with Crippen molar-refractivity contribution < 1.29 is 9.09 Å². The maximum atomic E-state index is 11.8. The van der Waals surface area contributed by atoms with Crippen molar-refractivity contribution in [3.05, 3.63) is 11.4 Å². The highest BCUT2D eigenvalue weighted by molar-refractivity contribution is 7.44. The maximum Gasteiger partial charge on any atom is 0.543 e. The number of rotatable bonds is 9. The Morgan fingerprint density at radius 2 is 1.93 bits per heavy atom. The van der Waals surface area contributed by atoms with E-state index in [2.05, 4.69) is 26.8 Å². The summed E-state index contributed by atoms with van der Waals surface area (Å²) in [5.74, 6) is 0. The van der Waals surface area contributed by atoms with Gasteiger partial charge in [0.25, 0.3) is 0 Å². The van der Waals surface area contributed by atoms with Crippen LogP contribution in [0.5, 0.6) is 0 Å². The molecule has 0 aromatic heterocycles. The van der Waals surface area contributed by atoms with E-state index < -0.39 is 8.03 Å². The quantitative estimate of drug-likeness (QED) is 0.411. The molecule has 0 heterocycles. The smallest absolute Gasteiger partial charge is 0.142 e. The molecule has 0 bridgehead atoms. The third-order valence-electron chi connectivity index (χ3n) is 2.12. The van der Waals surface area contributed by atoms with Gasteiger partial charge in [-0.15, -0.1) is 4.52 Å². The second-order valence-corrected chi connectivity index (χ2v) is 5.02. The Labute approximate surface area is 95.0 Å². The summed E-state index contributed by atoms with van der Waals surface area (Å²) in [6.07, 6.45) is 8.22. The van der Waals surface area contributed by atoms with E-state index in [1.807, 2.05) is 0 Å². The zero-order valence-corrected chi connectivity index (χ0v) is 11.2. The fourth-order valence-corrected chi connectivity index (χ4v) is 2.35. The summed E-state index contributed by atoms with van der Waals surface area (Å²) in [5.41, 5.74) is 0. The van der Waals surface area contributed by atoms with Crippen LogP contribution in [0.15, 0.2) is 11.4 Å². The first-order valence-electron chi connectivity index (χ1n) is 6.05. The van der Waals surface area contributed by atoms with Crippen LogP contribution in [0.25, 0.3) is 0 Å². The first kappa shape index (κ1) is 14.8. The Bertz CT molecular complexity index is 200. The van der Waals surface area contributed by atoms with Crippen LogP contribution in [-0.2, 0) is 9.09 Å². The fraction of sp³-hybridized carbons (Fsp3) is 0.833. The molecule has 0 aromatic carbocycles. The zero-order chi connectivity index (χ0) is 11.5. The second kappa shape index (κ2) is 10.3. The van der Waals surface area contributed by atoms with Crippen LogP contribution in [0, 0.1) is 0 Å². The van der Waals surface area contributed by atoms with Crippen LogP contribution in [0.4, 0.5) is 0 Å². The van der Waals surface area contributed by atoms with E-state index in [-0.39, 0.29) is 0 Å². The zero-order valence-electron chi connectivity index (χ0n) is 10.3. The lowest BCUT2D eigenvalue weighted by molar-refractivity contribution is 0.324. The van der Waals surface area contributed by atoms with Crippen molar-refractivity contribution >= 4 is 8.03 Å². The lowest BCUT2D eigenvalue weighted by atomic mass is 10.2. The molecule has 0 aliphatic heterocycles. The third kappa shape index (κ3) is 7.70. The summed E-state index contributed by atoms with van der Waals surface area (Å²) in [6.45, 7) is 6.97. The van der Waals surface area contributed by atoms with Crippen LogP contribution < -0.4 is 0 Å². The van der Waals surface area contributed by atoms with Crippen LogP contribution in [0.1, 0.15) is 59.3 Å². The summed E-state index contributed by atoms with van der Waals surface area (Å²) < 4.78 is 17.1. The lowest BCUT2D eigenvalue weighted by Gasteiger charge is -1.94. The molecule has 15 heavy (non-hydrogen) atoms. The maximum absolute atomic E-state index is 11.8. The number of hydrogen-bond acceptors (Lipinski definition) is 2. The number of allylic oxidation sites excluding steroid dienone is 2. The van der Waals surface area contributed by atoms with Gasteiger partial charge in [0.15, 0.2) is 5.31 Å². The molecule has 3 heteroatoms. The molecular formula is C12H24O2P+. The summed E-state index contributed by atoms with van der Waals surface area (Å²) in [4.78, 5) is 0. The van der Waals surface area contributed by atoms with Crippen molar-refractivity contribution in [3.8, 4) is 0 Å². The Kier molecular flexibility index (Phi) is 10.2. The highest BCUT2D eigenvalue weighted by Gasteiger charge is 2.23. The van der Waals surface area contributed by atoms with E-state index in [1.165, 1.54) is 0 Å². The van der Waals surface area contributed by atoms with Gasteiger partial charge in [-0.25, -0.2) is 0 Å². The molecule has 1 unspecified atom stereocenters. The van der Waals surface area contributed by atoms with E-state index >= 15 is 0 Å². The molecule has 0 radical (unpaired) electrons. The number of hydrogen-bond donors (Lipinski definition) is 0. The largest absolute Gasteiger partial charge is 0.543 e. The second-order valence-electron chi connectivity index (χ2n) is 3.68. The summed E-state index contributed by atoms with van der Waals surface area (Å²) >= 11 is 0. The predicted molar refractivity (Wildman–Crippen MR) is 66.4 cm³/mol. The number of unbranched alkanes of at least 4 members (excludes halogenated alkanes) is 2. The van der Waals surface area contributed by atoms with Crippen molar-refractivity contribution in [1.82, 2.24) is 0 Å². The van der Waals surface area contributed by atoms with E-state index in [1.54, 1.807) is 0 Å². The first-order chi connectivity index (χ1) is 7.26. The SMILES string of the molecule is CCC/C=C(\CCC)[P+](=O)OCCCC. The fourth-order valence-electron chi connectivity index (χ4n) is 1.21. The van der Waals surface area contributed by atoms with Crippen molar-refractivity contribution in [2.75, 3.05) is 6.61 Å². The Hall–Kier alpha value is -0.200. The molecule has 0 aliphatic rings. The van der Waals surface area contributed by atoms with Gasteiger partial charge in [0, 0.05) is 6.42 Å². The molecule has 1 atom stereocenters. The Morgan fingerprint density at radius 1 is 1.20 bits per heavy atom. The minimum atomic E-state index is -1.56. The molecule has 0 amide bonds. The predicted octanol–water partition coefficient (Wildman–Crippen LogP) is 5.03. The van der Waals surface area contributed by atoms with Crippen LogP contribution in [0.3, 0.4) is 0 Å². The van der Waals surface area contributed by atoms with Crippen LogP contribution in [0.2, 0.25) is 0 Å². The average molecular weight is 231 g/mol. The molecule has 0 aliphatic carbocycles. The van der Waals surface area contributed by atoms with Gasteiger partial charge in [-0.3, -0.25) is 0 Å². The first-order valence-corrected chi connectivity index (χ1v) is 7.23. The minimum absolute atomic E-state index is 0.624. The molecule has 88 valence electrons. The van der Waals surface area contributed by atoms with E-state index in [0.29, 0.717) is 6.61 Å². The third-order valence-corrected chi connectivity index (χ3v) is 3.41. The molecule has 0 N–H and O–H groups in total. The normalized spacial score (nSPS) is 13.0. The summed E-state index contributed by atoms with van der Waals surface area (Å²) in [5, 5.41) is 1.01. The van der Waals surface area contributed by atoms with Gasteiger partial charge in [-0.1, -0.05) is 33.6 Å². The van der Waals surface area contributed by atoms with Gasteiger partial charge < -0.3 is 0 Å². The van der Waals surface area contributed by atoms with Gasteiger partial charge in [0.1, 0.15) is 6.61 Å². The van der Waals surface area contributed by atoms with Crippen molar-refractivity contribution in [2.45, 2.75) is 59.3 Å². The van der Waals surface area contributed by atoms with E-state index in [4.69, 9.17) is 4.52 Å². The molecule has 0 rings (SSSR count). The highest BCUT2D eigenvalue weighted by atomic mass is 31.1. The minimum Gasteiger partial charge on any atom is -0.142 e. The van der Waals surface area contributed by atoms with Gasteiger partial charge in [0.05, 0.1) is 0 Å².